The Balaban J connectivity index is 1.59. The maximum Gasteiger partial charge on any atom is 0.222 e. The molecule has 0 fully saturated rings. The normalized spacial score (nSPS) is 11.5. The maximum atomic E-state index is 13.0. The lowest BCUT2D eigenvalue weighted by Crippen LogP contribution is -2.32. The molecule has 0 aliphatic heterocycles. The van der Waals surface area contributed by atoms with Crippen molar-refractivity contribution in [2.45, 2.75) is 32.9 Å². The molecule has 1 heterocycles. The molecule has 1 unspecified atom stereocenters. The van der Waals surface area contributed by atoms with Gasteiger partial charge >= 0.3 is 0 Å². The second-order valence-electron chi connectivity index (χ2n) is 7.20. The summed E-state index contributed by atoms with van der Waals surface area (Å²) in [4.78, 5) is 28.2. The SMILES string of the molecule is CC(=O)NC(CC(=O)NCc1ccnc(Oc2ccc(F)cc2)c1)c1ccc(C)cc1. The summed E-state index contributed by atoms with van der Waals surface area (Å²) in [6.45, 7) is 3.69. The monoisotopic (exact) mass is 421 g/mol. The molecule has 0 saturated carbocycles. The van der Waals surface area contributed by atoms with Crippen molar-refractivity contribution in [1.82, 2.24) is 15.6 Å². The van der Waals surface area contributed by atoms with Crippen LogP contribution in [0.25, 0.3) is 0 Å². The van der Waals surface area contributed by atoms with E-state index in [0.717, 1.165) is 16.7 Å². The van der Waals surface area contributed by atoms with Crippen molar-refractivity contribution in [2.75, 3.05) is 0 Å². The van der Waals surface area contributed by atoms with E-state index in [-0.39, 0.29) is 30.6 Å². The standard InChI is InChI=1S/C24H24FN3O3/c1-16-3-5-19(6-4-16)22(28-17(2)29)14-23(30)27-15-18-11-12-26-24(13-18)31-21-9-7-20(25)8-10-21/h3-13,22H,14-15H2,1-2H3,(H,27,30)(H,28,29). The summed E-state index contributed by atoms with van der Waals surface area (Å²) in [5, 5.41) is 5.69. The summed E-state index contributed by atoms with van der Waals surface area (Å²) in [5.74, 6) is 0.0627. The quantitative estimate of drug-likeness (QED) is 0.571. The van der Waals surface area contributed by atoms with E-state index in [1.165, 1.54) is 31.2 Å². The minimum atomic E-state index is -0.409. The van der Waals surface area contributed by atoms with E-state index < -0.39 is 6.04 Å². The molecular weight excluding hydrogens is 397 g/mol. The number of hydrogen-bond donors (Lipinski definition) is 2. The molecule has 0 bridgehead atoms. The molecule has 1 aromatic heterocycles. The summed E-state index contributed by atoms with van der Waals surface area (Å²) < 4.78 is 18.6. The number of nitrogens with one attached hydrogen (secondary N) is 2. The van der Waals surface area contributed by atoms with E-state index in [1.54, 1.807) is 18.3 Å². The van der Waals surface area contributed by atoms with Crippen LogP contribution in [0, 0.1) is 12.7 Å². The summed E-state index contributed by atoms with van der Waals surface area (Å²) in [5.41, 5.74) is 2.77. The molecule has 2 aromatic carbocycles. The number of amides is 2. The van der Waals surface area contributed by atoms with Crippen LogP contribution >= 0.6 is 0 Å². The van der Waals surface area contributed by atoms with Crippen molar-refractivity contribution in [3.63, 3.8) is 0 Å². The van der Waals surface area contributed by atoms with Crippen molar-refractivity contribution >= 4 is 11.8 Å². The van der Waals surface area contributed by atoms with Crippen LogP contribution in [0.2, 0.25) is 0 Å². The molecule has 1 atom stereocenters. The molecule has 0 saturated heterocycles. The molecule has 0 spiro atoms. The predicted molar refractivity (Wildman–Crippen MR) is 115 cm³/mol. The zero-order valence-electron chi connectivity index (χ0n) is 17.4. The van der Waals surface area contributed by atoms with Gasteiger partial charge in [-0.3, -0.25) is 9.59 Å². The third kappa shape index (κ3) is 6.92. The van der Waals surface area contributed by atoms with Crippen molar-refractivity contribution < 1.29 is 18.7 Å². The van der Waals surface area contributed by atoms with E-state index in [1.807, 2.05) is 31.2 Å². The Morgan fingerprint density at radius 3 is 2.45 bits per heavy atom. The van der Waals surface area contributed by atoms with Crippen molar-refractivity contribution in [3.05, 3.63) is 89.4 Å². The number of ether oxygens (including phenoxy) is 1. The number of hydrogen-bond acceptors (Lipinski definition) is 4. The zero-order valence-corrected chi connectivity index (χ0v) is 17.4. The minimum absolute atomic E-state index is 0.118. The highest BCUT2D eigenvalue weighted by Gasteiger charge is 2.17. The van der Waals surface area contributed by atoms with Gasteiger partial charge in [0.15, 0.2) is 0 Å². The minimum Gasteiger partial charge on any atom is -0.439 e. The van der Waals surface area contributed by atoms with Gasteiger partial charge in [-0.25, -0.2) is 9.37 Å². The number of benzene rings is 2. The smallest absolute Gasteiger partial charge is 0.222 e. The largest absolute Gasteiger partial charge is 0.439 e. The maximum absolute atomic E-state index is 13.0. The second kappa shape index (κ2) is 10.3. The number of rotatable bonds is 8. The fraction of sp³-hybridized carbons (Fsp3) is 0.208. The third-order valence-corrected chi connectivity index (χ3v) is 4.57. The lowest BCUT2D eigenvalue weighted by Gasteiger charge is -2.18. The molecular formula is C24H24FN3O3. The van der Waals surface area contributed by atoms with Gasteiger partial charge in [0.05, 0.1) is 12.5 Å². The van der Waals surface area contributed by atoms with Gasteiger partial charge in [0.1, 0.15) is 11.6 Å². The van der Waals surface area contributed by atoms with Gasteiger partial charge in [0.2, 0.25) is 17.7 Å². The van der Waals surface area contributed by atoms with E-state index in [2.05, 4.69) is 15.6 Å². The van der Waals surface area contributed by atoms with Gasteiger partial charge < -0.3 is 15.4 Å². The van der Waals surface area contributed by atoms with Crippen LogP contribution in [-0.2, 0) is 16.1 Å². The van der Waals surface area contributed by atoms with Gasteiger partial charge in [-0.05, 0) is 48.4 Å². The lowest BCUT2D eigenvalue weighted by molar-refractivity contribution is -0.122. The highest BCUT2D eigenvalue weighted by molar-refractivity contribution is 5.79. The van der Waals surface area contributed by atoms with Crippen LogP contribution in [0.1, 0.15) is 36.1 Å². The van der Waals surface area contributed by atoms with Crippen LogP contribution in [-0.4, -0.2) is 16.8 Å². The fourth-order valence-electron chi connectivity index (χ4n) is 2.99. The van der Waals surface area contributed by atoms with E-state index in [0.29, 0.717) is 11.6 Å². The first-order chi connectivity index (χ1) is 14.9. The topological polar surface area (TPSA) is 80.3 Å². The van der Waals surface area contributed by atoms with Crippen molar-refractivity contribution in [3.8, 4) is 11.6 Å². The number of halogens is 1. The molecule has 2 N–H and O–H groups in total. The van der Waals surface area contributed by atoms with Gasteiger partial charge in [-0.1, -0.05) is 29.8 Å². The molecule has 31 heavy (non-hydrogen) atoms. The van der Waals surface area contributed by atoms with Gasteiger partial charge in [-0.2, -0.15) is 0 Å². The Morgan fingerprint density at radius 2 is 1.77 bits per heavy atom. The molecule has 3 rings (SSSR count). The molecule has 160 valence electrons. The highest BCUT2D eigenvalue weighted by Crippen LogP contribution is 2.21. The van der Waals surface area contributed by atoms with Gasteiger partial charge in [0.25, 0.3) is 0 Å². The van der Waals surface area contributed by atoms with Crippen LogP contribution in [0.4, 0.5) is 4.39 Å². The number of pyridine rings is 1. The summed E-state index contributed by atoms with van der Waals surface area (Å²) >= 11 is 0. The Hall–Kier alpha value is -3.74. The first kappa shape index (κ1) is 22.0. The third-order valence-electron chi connectivity index (χ3n) is 4.57. The van der Waals surface area contributed by atoms with Crippen molar-refractivity contribution in [2.24, 2.45) is 0 Å². The Bertz CT molecular complexity index is 1040. The Kier molecular flexibility index (Phi) is 7.32. The lowest BCUT2D eigenvalue weighted by atomic mass is 10.0. The average molecular weight is 421 g/mol. The second-order valence-corrected chi connectivity index (χ2v) is 7.20. The van der Waals surface area contributed by atoms with Crippen molar-refractivity contribution in [1.29, 1.82) is 0 Å². The Labute approximate surface area is 180 Å². The van der Waals surface area contributed by atoms with Crippen LogP contribution in [0.5, 0.6) is 11.6 Å². The summed E-state index contributed by atoms with van der Waals surface area (Å²) in [6, 6.07) is 16.4. The molecule has 6 nitrogen and oxygen atoms in total. The number of carbonyl (C=O) groups is 2. The number of nitrogens with zero attached hydrogens (tertiary/aromatic N) is 1. The molecule has 3 aromatic rings. The Morgan fingerprint density at radius 1 is 1.06 bits per heavy atom. The average Bonchev–Trinajstić information content (AvgIpc) is 2.74. The number of aromatic nitrogens is 1. The van der Waals surface area contributed by atoms with Gasteiger partial charge in [-0.15, -0.1) is 0 Å². The molecule has 7 heteroatoms. The molecule has 0 aliphatic rings. The summed E-state index contributed by atoms with van der Waals surface area (Å²) in [7, 11) is 0. The highest BCUT2D eigenvalue weighted by atomic mass is 19.1. The van der Waals surface area contributed by atoms with E-state index in [4.69, 9.17) is 4.74 Å². The van der Waals surface area contributed by atoms with Gasteiger partial charge in [0, 0.05) is 25.7 Å². The number of carbonyl (C=O) groups excluding carboxylic acids is 2. The van der Waals surface area contributed by atoms with E-state index >= 15 is 0 Å². The first-order valence-corrected chi connectivity index (χ1v) is 9.88. The first-order valence-electron chi connectivity index (χ1n) is 9.88. The number of aryl methyl sites for hydroxylation is 1. The molecule has 0 aliphatic carbocycles. The van der Waals surface area contributed by atoms with Crippen LogP contribution in [0.3, 0.4) is 0 Å². The molecule has 0 radical (unpaired) electrons. The predicted octanol–water partition coefficient (Wildman–Crippen LogP) is 4.21. The van der Waals surface area contributed by atoms with Crippen LogP contribution < -0.4 is 15.4 Å². The summed E-state index contributed by atoms with van der Waals surface area (Å²) in [6.07, 6.45) is 1.69. The van der Waals surface area contributed by atoms with E-state index in [9.17, 15) is 14.0 Å². The molecule has 2 amide bonds. The fourth-order valence-corrected chi connectivity index (χ4v) is 2.99. The zero-order chi connectivity index (χ0) is 22.2. The van der Waals surface area contributed by atoms with Crippen LogP contribution in [0.15, 0.2) is 66.9 Å².